The molecular weight excluding hydrogens is 186 g/mol. The molecule has 74 valence electrons. The van der Waals surface area contributed by atoms with Crippen LogP contribution in [0.1, 0.15) is 33.1 Å². The van der Waals surface area contributed by atoms with Crippen molar-refractivity contribution >= 4 is 23.2 Å². The molecule has 1 fully saturated rings. The van der Waals surface area contributed by atoms with Crippen LogP contribution < -0.4 is 16.2 Å². The zero-order chi connectivity index (χ0) is 9.90. The maximum absolute atomic E-state index is 10.8. The highest BCUT2D eigenvalue weighted by atomic mass is 32.1. The summed E-state index contributed by atoms with van der Waals surface area (Å²) in [6, 6.07) is 0. The number of hydrogen-bond acceptors (Lipinski definition) is 2. The number of nitrogens with one attached hydrogen (secondary N) is 3. The Morgan fingerprint density at radius 2 is 2.08 bits per heavy atom. The molecule has 0 heterocycles. The first-order valence-corrected chi connectivity index (χ1v) is 4.83. The van der Waals surface area contributed by atoms with Crippen LogP contribution >= 0.6 is 12.2 Å². The first-order valence-electron chi connectivity index (χ1n) is 4.43. The van der Waals surface area contributed by atoms with E-state index in [1.54, 1.807) is 6.92 Å². The predicted molar refractivity (Wildman–Crippen MR) is 54.9 cm³/mol. The van der Waals surface area contributed by atoms with Gasteiger partial charge in [0.05, 0.1) is 0 Å². The van der Waals surface area contributed by atoms with E-state index in [1.807, 2.05) is 0 Å². The summed E-state index contributed by atoms with van der Waals surface area (Å²) in [7, 11) is 0. The molecule has 1 aliphatic carbocycles. The van der Waals surface area contributed by atoms with Crippen molar-refractivity contribution < 1.29 is 4.79 Å². The van der Waals surface area contributed by atoms with Gasteiger partial charge in [0.15, 0.2) is 5.11 Å². The molecule has 3 N–H and O–H groups in total. The molecule has 0 aromatic heterocycles. The summed E-state index contributed by atoms with van der Waals surface area (Å²) in [4.78, 5) is 10.8. The van der Waals surface area contributed by atoms with Crippen LogP contribution in [0.4, 0.5) is 0 Å². The molecule has 0 saturated heterocycles. The van der Waals surface area contributed by atoms with Crippen LogP contribution in [0.15, 0.2) is 0 Å². The lowest BCUT2D eigenvalue weighted by atomic mass is 10.3. The zero-order valence-corrected chi connectivity index (χ0v) is 8.75. The van der Waals surface area contributed by atoms with Crippen LogP contribution in [-0.2, 0) is 4.79 Å². The van der Waals surface area contributed by atoms with Crippen LogP contribution in [0, 0.1) is 0 Å². The number of rotatable bonds is 2. The van der Waals surface area contributed by atoms with E-state index in [0.29, 0.717) is 11.5 Å². The van der Waals surface area contributed by atoms with Crippen molar-refractivity contribution in [1.82, 2.24) is 16.2 Å². The van der Waals surface area contributed by atoms with Gasteiger partial charge in [0.25, 0.3) is 0 Å². The van der Waals surface area contributed by atoms with Gasteiger partial charge in [-0.2, -0.15) is 0 Å². The highest BCUT2D eigenvalue weighted by molar-refractivity contribution is 7.80. The second kappa shape index (κ2) is 3.91. The Hall–Kier alpha value is -0.840. The first-order chi connectivity index (χ1) is 6.06. The third kappa shape index (κ3) is 3.59. The van der Waals surface area contributed by atoms with E-state index in [1.165, 1.54) is 0 Å². The number of hydrogen-bond donors (Lipinski definition) is 3. The third-order valence-corrected chi connectivity index (χ3v) is 2.26. The summed E-state index contributed by atoms with van der Waals surface area (Å²) in [5, 5.41) is 3.60. The average molecular weight is 201 g/mol. The predicted octanol–water partition coefficient (Wildman–Crippen LogP) is 0.444. The number of amides is 1. The standard InChI is InChI=1S/C8H15N3OS/c1-3-6(12)10-11-7(13)9-8(2)4-5-8/h3-5H2,1-2H3,(H,10,12)(H2,9,11,13). The van der Waals surface area contributed by atoms with Gasteiger partial charge in [0, 0.05) is 12.0 Å². The van der Waals surface area contributed by atoms with Gasteiger partial charge in [-0.25, -0.2) is 0 Å². The largest absolute Gasteiger partial charge is 0.356 e. The van der Waals surface area contributed by atoms with Gasteiger partial charge in [-0.3, -0.25) is 15.6 Å². The van der Waals surface area contributed by atoms with E-state index >= 15 is 0 Å². The second-order valence-electron chi connectivity index (χ2n) is 3.54. The molecule has 0 aromatic rings. The van der Waals surface area contributed by atoms with E-state index in [4.69, 9.17) is 12.2 Å². The minimum absolute atomic E-state index is 0.0647. The van der Waals surface area contributed by atoms with Gasteiger partial charge in [0.2, 0.25) is 5.91 Å². The lowest BCUT2D eigenvalue weighted by Gasteiger charge is -2.15. The lowest BCUT2D eigenvalue weighted by Crippen LogP contribution is -2.49. The van der Waals surface area contributed by atoms with Gasteiger partial charge in [-0.1, -0.05) is 6.92 Å². The fourth-order valence-electron chi connectivity index (χ4n) is 0.833. The molecule has 13 heavy (non-hydrogen) atoms. The van der Waals surface area contributed by atoms with Crippen molar-refractivity contribution in [3.63, 3.8) is 0 Å². The Morgan fingerprint density at radius 3 is 2.54 bits per heavy atom. The number of hydrazine groups is 1. The molecule has 5 heteroatoms. The Bertz CT molecular complexity index is 225. The Balaban J connectivity index is 2.14. The number of carbonyl (C=O) groups excluding carboxylic acids is 1. The normalized spacial score (nSPS) is 17.4. The topological polar surface area (TPSA) is 53.2 Å². The quantitative estimate of drug-likeness (QED) is 0.448. The molecule has 0 aliphatic heterocycles. The molecule has 0 radical (unpaired) electrons. The van der Waals surface area contributed by atoms with Crippen molar-refractivity contribution in [3.05, 3.63) is 0 Å². The van der Waals surface area contributed by atoms with Crippen LogP contribution in [0.5, 0.6) is 0 Å². The molecule has 0 bridgehead atoms. The van der Waals surface area contributed by atoms with E-state index in [9.17, 15) is 4.79 Å². The average Bonchev–Trinajstić information content (AvgIpc) is 2.79. The molecule has 0 aromatic carbocycles. The highest BCUT2D eigenvalue weighted by Crippen LogP contribution is 2.33. The summed E-state index contributed by atoms with van der Waals surface area (Å²) >= 11 is 4.97. The van der Waals surface area contributed by atoms with E-state index < -0.39 is 0 Å². The van der Waals surface area contributed by atoms with Gasteiger partial charge >= 0.3 is 0 Å². The number of carbonyl (C=O) groups is 1. The van der Waals surface area contributed by atoms with E-state index in [0.717, 1.165) is 12.8 Å². The molecule has 0 atom stereocenters. The second-order valence-corrected chi connectivity index (χ2v) is 3.95. The smallest absolute Gasteiger partial charge is 0.238 e. The zero-order valence-electron chi connectivity index (χ0n) is 7.94. The summed E-state index contributed by atoms with van der Waals surface area (Å²) in [6.45, 7) is 3.89. The monoisotopic (exact) mass is 201 g/mol. The molecular formula is C8H15N3OS. The highest BCUT2D eigenvalue weighted by Gasteiger charge is 2.37. The minimum Gasteiger partial charge on any atom is -0.356 e. The molecule has 0 spiro atoms. The van der Waals surface area contributed by atoms with Gasteiger partial charge in [0.1, 0.15) is 0 Å². The van der Waals surface area contributed by atoms with Gasteiger partial charge in [-0.05, 0) is 32.0 Å². The fraction of sp³-hybridized carbons (Fsp3) is 0.750. The maximum atomic E-state index is 10.8. The fourth-order valence-corrected chi connectivity index (χ4v) is 1.13. The SMILES string of the molecule is CCC(=O)NNC(=S)NC1(C)CC1. The van der Waals surface area contributed by atoms with E-state index in [2.05, 4.69) is 23.1 Å². The van der Waals surface area contributed by atoms with Crippen molar-refractivity contribution in [2.24, 2.45) is 0 Å². The van der Waals surface area contributed by atoms with Gasteiger partial charge in [-0.15, -0.1) is 0 Å². The summed E-state index contributed by atoms with van der Waals surface area (Å²) in [6.07, 6.45) is 2.72. The van der Waals surface area contributed by atoms with Crippen molar-refractivity contribution in [3.8, 4) is 0 Å². The van der Waals surface area contributed by atoms with E-state index in [-0.39, 0.29) is 11.4 Å². The maximum Gasteiger partial charge on any atom is 0.238 e. The molecule has 1 rings (SSSR count). The van der Waals surface area contributed by atoms with Gasteiger partial charge < -0.3 is 5.32 Å². The summed E-state index contributed by atoms with van der Waals surface area (Å²) < 4.78 is 0. The van der Waals surface area contributed by atoms with Crippen molar-refractivity contribution in [1.29, 1.82) is 0 Å². The lowest BCUT2D eigenvalue weighted by molar-refractivity contribution is -0.121. The first kappa shape index (κ1) is 10.2. The molecule has 1 aliphatic rings. The molecule has 1 amide bonds. The summed E-state index contributed by atoms with van der Waals surface area (Å²) in [5.74, 6) is -0.0647. The van der Waals surface area contributed by atoms with Crippen LogP contribution in [0.2, 0.25) is 0 Å². The van der Waals surface area contributed by atoms with Crippen molar-refractivity contribution in [2.45, 2.75) is 38.6 Å². The Morgan fingerprint density at radius 1 is 1.46 bits per heavy atom. The molecule has 4 nitrogen and oxygen atoms in total. The Kier molecular flexibility index (Phi) is 3.08. The minimum atomic E-state index is -0.0647. The molecule has 0 unspecified atom stereocenters. The molecule has 1 saturated carbocycles. The summed E-state index contributed by atoms with van der Waals surface area (Å²) in [5.41, 5.74) is 5.29. The number of thiocarbonyl (C=S) groups is 1. The van der Waals surface area contributed by atoms with Crippen LogP contribution in [0.3, 0.4) is 0 Å². The Labute approximate surface area is 83.4 Å². The third-order valence-electron chi connectivity index (χ3n) is 2.05. The van der Waals surface area contributed by atoms with Crippen LogP contribution in [0.25, 0.3) is 0 Å². The van der Waals surface area contributed by atoms with Crippen molar-refractivity contribution in [2.75, 3.05) is 0 Å². The van der Waals surface area contributed by atoms with Crippen LogP contribution in [-0.4, -0.2) is 16.6 Å².